The van der Waals surface area contributed by atoms with Crippen LogP contribution in [0, 0.1) is 76.4 Å². The number of hydrogen-bond acceptors (Lipinski definition) is 28. The van der Waals surface area contributed by atoms with Crippen LogP contribution in [0.4, 0.5) is 4.79 Å². The van der Waals surface area contributed by atoms with Crippen LogP contribution in [-0.2, 0) is 71.7 Å². The lowest BCUT2D eigenvalue weighted by Gasteiger charge is -2.50. The summed E-state index contributed by atoms with van der Waals surface area (Å²) in [4.78, 5) is 218. The molecule has 0 saturated heterocycles. The van der Waals surface area contributed by atoms with Gasteiger partial charge in [-0.05, 0) is 133 Å². The molecule has 2 fully saturated rings. The quantitative estimate of drug-likeness (QED) is 0.00876. The molecule has 37 N–H and O–H groups in total. The summed E-state index contributed by atoms with van der Waals surface area (Å²) >= 11 is 0. The number of amides is 2. The van der Waals surface area contributed by atoms with Crippen molar-refractivity contribution in [2.45, 2.75) is 231 Å². The van der Waals surface area contributed by atoms with Crippen molar-refractivity contribution in [2.75, 3.05) is 77.1 Å². The maximum atomic E-state index is 15.3. The Hall–Kier alpha value is -11.0. The minimum absolute atomic E-state index is 0.000175. The number of fused-ring (bicyclic) bond motifs is 5. The first-order valence-electron chi connectivity index (χ1n) is 44.8. The SMILES string of the molecule is CC(=O)N[C@H](CSSCCOC(=O)OCC1=C[C@H]2[C@H]3C(C)(C)[C@]3(OC(C)=O)C[C@@H](C)[C@]2(O)[C@@H]2C=C(C)C(=O)[C@@]2(O)C1)C(=O)C[C@H](CCCN=C(N)N)C(=O)C[C@H](CCCN=C(N)N)C(=O)C[C@H](CCCN=C(N)N)C(=O)C[C@H](CCCN=C(N)N)C(=O)C[C@H](CCCN=C(N)N)C(=O)C[C@H](CCCN=C(N)N)C(=O)C[C@H](CCCN=C(N)N)C(=O)C[C@H](CCCN=C(N)N)C(N)=O. The Balaban J connectivity index is 1.64. The van der Waals surface area contributed by atoms with Crippen LogP contribution in [0.3, 0.4) is 0 Å². The number of aliphatic hydroxyl groups is 2. The average molecular weight is 1900 g/mol. The number of nitrogens with one attached hydrogen (secondary N) is 1. The molecule has 0 unspecified atom stereocenters. The van der Waals surface area contributed by atoms with Gasteiger partial charge in [-0.3, -0.25) is 97.5 Å². The Morgan fingerprint density at radius 2 is 0.750 bits per heavy atom. The third-order valence-electron chi connectivity index (χ3n) is 25.1. The maximum absolute atomic E-state index is 15.3. The normalized spacial score (nSPS) is 21.0. The Kier molecular flexibility index (Phi) is 47.6. The van der Waals surface area contributed by atoms with Crippen molar-refractivity contribution in [3.8, 4) is 0 Å². The molecule has 16 atom stereocenters. The van der Waals surface area contributed by atoms with E-state index >= 15 is 24.0 Å². The van der Waals surface area contributed by atoms with Gasteiger partial charge >= 0.3 is 12.1 Å². The van der Waals surface area contributed by atoms with Crippen molar-refractivity contribution in [1.82, 2.24) is 5.32 Å². The van der Waals surface area contributed by atoms with E-state index in [4.69, 9.17) is 112 Å². The van der Waals surface area contributed by atoms with Crippen LogP contribution in [-0.4, -0.2) is 234 Å². The second-order valence-corrected chi connectivity index (χ2v) is 38.1. The number of rotatable bonds is 67. The minimum Gasteiger partial charge on any atom is -0.458 e. The van der Waals surface area contributed by atoms with Gasteiger partial charge in [0.2, 0.25) is 11.8 Å². The first-order valence-corrected chi connectivity index (χ1v) is 47.3. The highest BCUT2D eigenvalue weighted by molar-refractivity contribution is 8.76. The molecule has 0 radical (unpaired) electrons. The maximum Gasteiger partial charge on any atom is 0.508 e. The predicted molar refractivity (Wildman–Crippen MR) is 507 cm³/mol. The molecule has 2 amide bonds. The molecule has 0 aromatic rings. The number of guanidine groups is 8. The Morgan fingerprint density at radius 3 is 1.05 bits per heavy atom. The lowest BCUT2D eigenvalue weighted by atomic mass is 9.60. The Morgan fingerprint density at radius 1 is 0.447 bits per heavy atom. The standard InChI is InChI=1S/C86H146N26O18S2/c1-47-33-70-84(126,72(47)123)44-51(34-60-71-83(5,6)85(71,130-50(4)114)43-48(2)86(60,70)127)45-129-82(125)128-31-32-131-132-46-61(112-49(3)113)69(122)41-58(21-13-29-110-80(100)101)67(120)39-56(19-11-27-108-78(96)97)65(118)37-54(17-9-25-106-76(92)93)63(116)35-52(15-7-23-104-74(88)89)62(115)36-53(16-8-24-105-75(90)91)64(117)38-55(18-10-26-107-77(94)95)66(119)40-57(20-12-28-109-79(98)99)68(121)42-59(73(87)124)22-14-30-111-81(102)103/h33-34,48,52-61,70-71,126-127H,7-32,35-46H2,1-6H3,(H2,87,124)(H,112,113)(H4,88,89,104)(H4,90,91,105)(H4,92,93,106)(H4,94,95,107)(H4,96,97,108)(H4,98,99,109)(H4,100,101,110)(H4,102,103,111)/t48-,52+,53+,54+,55+,56+,57+,58+,59+,60+,61-,70-,71+,84-,85+,86-/m1/s1. The first kappa shape index (κ1) is 113. The van der Waals surface area contributed by atoms with E-state index < -0.39 is 220 Å². The second-order valence-electron chi connectivity index (χ2n) is 35.5. The second kappa shape index (κ2) is 55.5. The number of ketones is 9. The fraction of sp³-hybridized carbons (Fsp3) is 0.709. The van der Waals surface area contributed by atoms with Gasteiger partial charge in [-0.2, -0.15) is 0 Å². The van der Waals surface area contributed by atoms with Gasteiger partial charge in [-0.1, -0.05) is 54.5 Å². The minimum atomic E-state index is -2.07. The molecule has 0 bridgehead atoms. The van der Waals surface area contributed by atoms with Crippen molar-refractivity contribution >= 4 is 145 Å². The monoisotopic (exact) mass is 1900 g/mol. The Bertz CT molecular complexity index is 4300. The van der Waals surface area contributed by atoms with Crippen molar-refractivity contribution in [3.63, 3.8) is 0 Å². The molecular formula is C86H146N26O18S2. The summed E-state index contributed by atoms with van der Waals surface area (Å²) in [6.07, 6.45) is 0.507. The molecule has 4 aliphatic carbocycles. The number of esters is 1. The molecule has 46 heteroatoms. The molecule has 0 aromatic carbocycles. The highest BCUT2D eigenvalue weighted by Gasteiger charge is 2.83. The van der Waals surface area contributed by atoms with Crippen LogP contribution in [0.15, 0.2) is 63.2 Å². The van der Waals surface area contributed by atoms with Crippen molar-refractivity contribution < 1.29 is 86.8 Å². The summed E-state index contributed by atoms with van der Waals surface area (Å²) in [6.45, 7) is 9.53. The van der Waals surface area contributed by atoms with Crippen LogP contribution >= 0.6 is 21.6 Å². The van der Waals surface area contributed by atoms with E-state index in [2.05, 4.69) is 45.3 Å². The number of carbonyl (C=O) groups is 13. The van der Waals surface area contributed by atoms with Gasteiger partial charge in [0.15, 0.2) is 59.2 Å². The zero-order chi connectivity index (χ0) is 99.0. The molecular weight excluding hydrogens is 1750 g/mol. The molecule has 132 heavy (non-hydrogen) atoms. The summed E-state index contributed by atoms with van der Waals surface area (Å²) in [5.74, 6) is -19.9. The van der Waals surface area contributed by atoms with E-state index in [9.17, 15) is 48.6 Å². The van der Waals surface area contributed by atoms with Gasteiger partial charge in [-0.25, -0.2) is 4.79 Å². The third kappa shape index (κ3) is 37.2. The van der Waals surface area contributed by atoms with E-state index in [1.807, 2.05) is 20.8 Å². The number of nitrogens with zero attached hydrogens (tertiary/aromatic N) is 8. The Labute approximate surface area is 779 Å². The summed E-state index contributed by atoms with van der Waals surface area (Å²) in [7, 11) is 2.33. The number of nitrogens with two attached hydrogens (primary N) is 17. The molecule has 4 aliphatic rings. The smallest absolute Gasteiger partial charge is 0.458 e. The van der Waals surface area contributed by atoms with Crippen LogP contribution in [0.2, 0.25) is 0 Å². The molecule has 44 nitrogen and oxygen atoms in total. The molecule has 0 aromatic heterocycles. The fourth-order valence-electron chi connectivity index (χ4n) is 18.4. The van der Waals surface area contributed by atoms with Gasteiger partial charge in [0, 0.05) is 206 Å². The zero-order valence-corrected chi connectivity index (χ0v) is 78.8. The van der Waals surface area contributed by atoms with Crippen LogP contribution in [0.5, 0.6) is 0 Å². The topological polar surface area (TPSA) is 843 Å². The molecule has 4 rings (SSSR count). The number of aliphatic imine (C=N–C) groups is 8. The summed E-state index contributed by atoms with van der Waals surface area (Å²) in [6, 6.07) is -1.17. The summed E-state index contributed by atoms with van der Waals surface area (Å²) in [5.41, 5.74) is 91.7. The fourth-order valence-corrected chi connectivity index (χ4v) is 20.5. The number of hydrogen-bond donors (Lipinski definition) is 20. The van der Waals surface area contributed by atoms with Crippen LogP contribution in [0.25, 0.3) is 0 Å². The van der Waals surface area contributed by atoms with E-state index in [1.165, 1.54) is 24.6 Å². The lowest BCUT2D eigenvalue weighted by molar-refractivity contribution is -0.186. The van der Waals surface area contributed by atoms with Crippen molar-refractivity contribution in [1.29, 1.82) is 0 Å². The number of primary amides is 1. The highest BCUT2D eigenvalue weighted by atomic mass is 33.1. The van der Waals surface area contributed by atoms with E-state index in [0.29, 0.717) is 12.0 Å². The van der Waals surface area contributed by atoms with Gasteiger partial charge < -0.3 is 127 Å². The van der Waals surface area contributed by atoms with Gasteiger partial charge in [0.05, 0.1) is 11.6 Å². The molecule has 0 heterocycles. The average Bonchev–Trinajstić information content (AvgIpc) is 1.47. The highest BCUT2D eigenvalue weighted by Crippen LogP contribution is 2.76. The van der Waals surface area contributed by atoms with Gasteiger partial charge in [-0.15, -0.1) is 0 Å². The number of ether oxygens (including phenoxy) is 3. The lowest BCUT2D eigenvalue weighted by Crippen LogP contribution is -2.61. The predicted octanol–water partition coefficient (Wildman–Crippen LogP) is -0.906. The van der Waals surface area contributed by atoms with Crippen molar-refractivity contribution in [2.24, 2.45) is 214 Å². The largest absolute Gasteiger partial charge is 0.508 e. The van der Waals surface area contributed by atoms with Crippen LogP contribution in [0.1, 0.15) is 208 Å². The van der Waals surface area contributed by atoms with Gasteiger partial charge in [0.1, 0.15) is 64.9 Å². The summed E-state index contributed by atoms with van der Waals surface area (Å²) < 4.78 is 17.0. The summed E-state index contributed by atoms with van der Waals surface area (Å²) in [5, 5.41) is 27.8. The number of carbonyl (C=O) groups excluding carboxylic acids is 13. The number of Topliss-reactive ketones (excluding diaryl/α,β-unsaturated/α-hetero) is 9. The van der Waals surface area contributed by atoms with Gasteiger partial charge in [0.25, 0.3) is 0 Å². The molecule has 2 saturated carbocycles. The van der Waals surface area contributed by atoms with Crippen molar-refractivity contribution in [3.05, 3.63) is 23.3 Å². The third-order valence-corrected chi connectivity index (χ3v) is 27.4. The molecule has 0 aliphatic heterocycles. The first-order chi connectivity index (χ1) is 62.0. The van der Waals surface area contributed by atoms with E-state index in [1.54, 1.807) is 19.1 Å². The molecule has 740 valence electrons. The van der Waals surface area contributed by atoms with E-state index in [-0.39, 0.29) is 246 Å². The molecule has 0 spiro atoms. The van der Waals surface area contributed by atoms with E-state index in [0.717, 1.165) is 10.8 Å². The van der Waals surface area contributed by atoms with Crippen LogP contribution < -0.4 is 103 Å². The zero-order valence-electron chi connectivity index (χ0n) is 77.2.